The summed E-state index contributed by atoms with van der Waals surface area (Å²) in [5.41, 5.74) is -4.61. The molecule has 0 unspecified atom stereocenters. The lowest BCUT2D eigenvalue weighted by atomic mass is 10.0. The van der Waals surface area contributed by atoms with Gasteiger partial charge >= 0.3 is 30.0 Å². The summed E-state index contributed by atoms with van der Waals surface area (Å²) in [4.78, 5) is 23.6. The number of halogens is 9. The van der Waals surface area contributed by atoms with Crippen molar-refractivity contribution in [2.75, 3.05) is 28.4 Å². The first-order valence-corrected chi connectivity index (χ1v) is 17.2. The van der Waals surface area contributed by atoms with Gasteiger partial charge in [0.2, 0.25) is 0 Å². The van der Waals surface area contributed by atoms with Crippen molar-refractivity contribution in [2.24, 2.45) is 0 Å². The largest absolute Gasteiger partial charge is 0.465 e. The van der Waals surface area contributed by atoms with Crippen LogP contribution in [0.2, 0.25) is 10.0 Å². The summed E-state index contributed by atoms with van der Waals surface area (Å²) in [6, 6.07) is 14.6. The first-order chi connectivity index (χ1) is 27.4. The van der Waals surface area contributed by atoms with Gasteiger partial charge in [-0.3, -0.25) is 0 Å². The van der Waals surface area contributed by atoms with Crippen molar-refractivity contribution >= 4 is 35.1 Å². The second-order valence-corrected chi connectivity index (χ2v) is 12.9. The molecule has 0 spiro atoms. The molecule has 21 heteroatoms. The molecule has 0 fully saturated rings. The summed E-state index contributed by atoms with van der Waals surface area (Å²) in [6.07, 6.45) is -4.57. The molecule has 6 aromatic rings. The standard InChI is InChI=1S/C20H15ClF7N3O3.C17H16ClN3O3/c1-33-10-30-15(18(22,19(23,24)25)20(26,27)28)5-6-16(30)31-9-12(8-29-31)11-3-4-14(21)13(7-11)17(32)34-2;1-23-11-20-7-3-4-16(20)21-10-13(9-19-21)12-5-6-15(18)14(8-12)17(22)24-2/h3-9H,10H2,1-2H3;3-10H,11H2,1-2H3. The lowest BCUT2D eigenvalue weighted by Gasteiger charge is -2.31. The second kappa shape index (κ2) is 17.5. The number of esters is 2. The number of methoxy groups -OCH3 is 4. The first kappa shape index (κ1) is 43.5. The van der Waals surface area contributed by atoms with E-state index in [0.29, 0.717) is 39.1 Å². The number of carbonyl (C=O) groups excluding carboxylic acids is 2. The fourth-order valence-electron chi connectivity index (χ4n) is 5.67. The van der Waals surface area contributed by atoms with Gasteiger partial charge in [0, 0.05) is 43.9 Å². The molecule has 58 heavy (non-hydrogen) atoms. The smallest absolute Gasteiger partial charge is 0.437 e. The highest BCUT2D eigenvalue weighted by Gasteiger charge is 2.75. The van der Waals surface area contributed by atoms with Gasteiger partial charge in [-0.15, -0.1) is 0 Å². The average molecular weight is 860 g/mol. The lowest BCUT2D eigenvalue weighted by Crippen LogP contribution is -2.51. The third-order valence-electron chi connectivity index (χ3n) is 8.47. The van der Waals surface area contributed by atoms with Crippen molar-refractivity contribution in [3.8, 4) is 33.9 Å². The van der Waals surface area contributed by atoms with Crippen molar-refractivity contribution in [1.82, 2.24) is 28.7 Å². The van der Waals surface area contributed by atoms with E-state index in [1.165, 1.54) is 37.7 Å². The molecule has 0 saturated carbocycles. The SMILES string of the molecule is COCn1c(-n2cc(-c3ccc(Cl)c(C(=O)OC)c3)cn2)ccc1C(F)(C(F)(F)F)C(F)(F)F.COCn1cccc1-n1cc(-c2ccc(Cl)c(C(=O)OC)c2)cn1. The highest BCUT2D eigenvalue weighted by molar-refractivity contribution is 6.34. The molecule has 0 saturated heterocycles. The van der Waals surface area contributed by atoms with Gasteiger partial charge in [0.05, 0.1) is 53.5 Å². The van der Waals surface area contributed by atoms with Gasteiger partial charge in [-0.1, -0.05) is 35.3 Å². The summed E-state index contributed by atoms with van der Waals surface area (Å²) in [5, 5.41) is 8.79. The highest BCUT2D eigenvalue weighted by atomic mass is 35.5. The maximum atomic E-state index is 14.7. The molecule has 0 radical (unpaired) electrons. The van der Waals surface area contributed by atoms with Crippen LogP contribution in [0.15, 0.2) is 91.6 Å². The van der Waals surface area contributed by atoms with Crippen LogP contribution in [-0.2, 0) is 38.1 Å². The monoisotopic (exact) mass is 858 g/mol. The van der Waals surface area contributed by atoms with Crippen molar-refractivity contribution in [3.05, 3.63) is 119 Å². The Balaban J connectivity index is 0.000000234. The maximum absolute atomic E-state index is 14.7. The summed E-state index contributed by atoms with van der Waals surface area (Å²) in [5.74, 6) is -0.648. The van der Waals surface area contributed by atoms with Crippen LogP contribution in [0.25, 0.3) is 33.9 Å². The minimum Gasteiger partial charge on any atom is -0.465 e. The average Bonchev–Trinajstić information content (AvgIpc) is 4.01. The molecule has 308 valence electrons. The van der Waals surface area contributed by atoms with Crippen molar-refractivity contribution in [3.63, 3.8) is 0 Å². The van der Waals surface area contributed by atoms with Crippen molar-refractivity contribution in [2.45, 2.75) is 31.5 Å². The predicted molar refractivity (Wildman–Crippen MR) is 196 cm³/mol. The summed E-state index contributed by atoms with van der Waals surface area (Å²) < 4.78 is 119. The fourth-order valence-corrected chi connectivity index (χ4v) is 6.06. The molecule has 12 nitrogen and oxygen atoms in total. The second-order valence-electron chi connectivity index (χ2n) is 12.1. The van der Waals surface area contributed by atoms with Gasteiger partial charge in [0.1, 0.15) is 25.1 Å². The third-order valence-corrected chi connectivity index (χ3v) is 9.13. The number of hydrogen-bond donors (Lipinski definition) is 0. The van der Waals surface area contributed by atoms with Crippen LogP contribution in [-0.4, -0.2) is 81.4 Å². The zero-order valence-corrected chi connectivity index (χ0v) is 32.1. The normalized spacial score (nSPS) is 11.9. The Morgan fingerprint density at radius 3 is 1.57 bits per heavy atom. The molecule has 6 rings (SSSR count). The fraction of sp³-hybridized carbons (Fsp3) is 0.243. The van der Waals surface area contributed by atoms with E-state index >= 15 is 0 Å². The minimum absolute atomic E-state index is 0.0250. The van der Waals surface area contributed by atoms with E-state index in [1.54, 1.807) is 30.1 Å². The number of ether oxygens (including phenoxy) is 4. The van der Waals surface area contributed by atoms with Crippen LogP contribution in [0.4, 0.5) is 30.7 Å². The van der Waals surface area contributed by atoms with E-state index in [0.717, 1.165) is 41.9 Å². The molecular weight excluding hydrogens is 828 g/mol. The molecule has 4 aromatic heterocycles. The van der Waals surface area contributed by atoms with Gasteiger partial charge in [-0.05, 0) is 59.7 Å². The van der Waals surface area contributed by atoms with Crippen LogP contribution in [0.1, 0.15) is 26.4 Å². The Bertz CT molecular complexity index is 2390. The number of benzene rings is 2. The molecule has 0 aliphatic carbocycles. The quantitative estimate of drug-likeness (QED) is 0.0937. The Morgan fingerprint density at radius 2 is 1.12 bits per heavy atom. The zero-order chi connectivity index (χ0) is 42.6. The molecule has 0 aliphatic heterocycles. The van der Waals surface area contributed by atoms with Gasteiger partial charge in [-0.25, -0.2) is 23.3 Å². The summed E-state index contributed by atoms with van der Waals surface area (Å²) in [6.45, 7) is -0.400. The van der Waals surface area contributed by atoms with Gasteiger partial charge < -0.3 is 28.1 Å². The zero-order valence-electron chi connectivity index (χ0n) is 30.6. The van der Waals surface area contributed by atoms with E-state index in [-0.39, 0.29) is 16.4 Å². The van der Waals surface area contributed by atoms with Crippen molar-refractivity contribution in [1.29, 1.82) is 0 Å². The Morgan fingerprint density at radius 1 is 0.638 bits per heavy atom. The highest BCUT2D eigenvalue weighted by Crippen LogP contribution is 2.53. The molecule has 2 aromatic carbocycles. The number of alkyl halides is 7. The van der Waals surface area contributed by atoms with Crippen LogP contribution >= 0.6 is 23.2 Å². The summed E-state index contributed by atoms with van der Waals surface area (Å²) >= 11 is 12.0. The Kier molecular flexibility index (Phi) is 13.1. The maximum Gasteiger partial charge on any atom is 0.437 e. The first-order valence-electron chi connectivity index (χ1n) is 16.4. The molecule has 0 aliphatic rings. The lowest BCUT2D eigenvalue weighted by molar-refractivity contribution is -0.351. The molecule has 0 amide bonds. The minimum atomic E-state index is -6.30. The number of nitrogens with zero attached hydrogens (tertiary/aromatic N) is 6. The van der Waals surface area contributed by atoms with Crippen molar-refractivity contribution < 1.29 is 59.3 Å². The molecule has 0 bridgehead atoms. The van der Waals surface area contributed by atoms with Crippen LogP contribution in [0, 0.1) is 0 Å². The summed E-state index contributed by atoms with van der Waals surface area (Å²) in [7, 11) is 5.14. The van der Waals surface area contributed by atoms with E-state index in [1.807, 2.05) is 35.2 Å². The van der Waals surface area contributed by atoms with Crippen LogP contribution < -0.4 is 0 Å². The Labute approximate surface area is 334 Å². The number of rotatable bonds is 11. The molecule has 0 atom stereocenters. The predicted octanol–water partition coefficient (Wildman–Crippen LogP) is 9.06. The Hall–Kier alpha value is -5.63. The van der Waals surface area contributed by atoms with E-state index in [2.05, 4.69) is 14.9 Å². The van der Waals surface area contributed by atoms with E-state index < -0.39 is 42.4 Å². The molecular formula is C37H31Cl2F7N6O6. The number of carbonyl (C=O) groups is 2. The number of hydrogen-bond acceptors (Lipinski definition) is 8. The van der Waals surface area contributed by atoms with Gasteiger partial charge in [0.15, 0.2) is 0 Å². The van der Waals surface area contributed by atoms with E-state index in [9.17, 15) is 40.3 Å². The van der Waals surface area contributed by atoms with E-state index in [4.69, 9.17) is 37.4 Å². The molecule has 0 N–H and O–H groups in total. The third kappa shape index (κ3) is 8.62. The topological polar surface area (TPSA) is 117 Å². The van der Waals surface area contributed by atoms with Gasteiger partial charge in [-0.2, -0.15) is 36.5 Å². The van der Waals surface area contributed by atoms with Crippen LogP contribution in [0.5, 0.6) is 0 Å². The van der Waals surface area contributed by atoms with Gasteiger partial charge in [0.25, 0.3) is 0 Å². The number of aromatic nitrogens is 6. The molecule has 4 heterocycles. The van der Waals surface area contributed by atoms with Crippen LogP contribution in [0.3, 0.4) is 0 Å².